The zero-order valence-electron chi connectivity index (χ0n) is 18.2. The van der Waals surface area contributed by atoms with Gasteiger partial charge in [0.05, 0.1) is 17.1 Å². The molecule has 8 nitrogen and oxygen atoms in total. The van der Waals surface area contributed by atoms with Crippen LogP contribution in [0, 0.1) is 0 Å². The van der Waals surface area contributed by atoms with Crippen molar-refractivity contribution in [2.75, 3.05) is 26.7 Å². The van der Waals surface area contributed by atoms with Crippen LogP contribution in [0.5, 0.6) is 0 Å². The number of aliphatic imine (C=N–C) groups is 1. The number of nitrogens with zero attached hydrogens (tertiary/aromatic N) is 3. The number of nitrogens with one attached hydrogen (secondary N) is 3. The van der Waals surface area contributed by atoms with Crippen LogP contribution in [0.25, 0.3) is 11.0 Å². The van der Waals surface area contributed by atoms with Crippen molar-refractivity contribution in [3.8, 4) is 0 Å². The standard InChI is InChI=1S/C21H32N6O2.HI/c1-21(2,3)29-20(28)24-15-11-13-27(14-15)19(22-4)23-12-7-10-18-25-16-8-5-6-9-17(16)26-18;/h5-6,8-9,15H,7,10-14H2,1-4H3,(H,22,23)(H,24,28)(H,25,26);1H. The number of alkyl carbamates (subject to hydrolysis) is 1. The summed E-state index contributed by atoms with van der Waals surface area (Å²) in [6, 6.07) is 8.14. The van der Waals surface area contributed by atoms with Gasteiger partial charge in [0.15, 0.2) is 5.96 Å². The molecule has 9 heteroatoms. The highest BCUT2D eigenvalue weighted by molar-refractivity contribution is 14.0. The van der Waals surface area contributed by atoms with Crippen molar-refractivity contribution in [3.05, 3.63) is 30.1 Å². The van der Waals surface area contributed by atoms with E-state index in [0.717, 1.165) is 61.7 Å². The highest BCUT2D eigenvalue weighted by Gasteiger charge is 2.27. The van der Waals surface area contributed by atoms with Crippen molar-refractivity contribution in [2.45, 2.75) is 51.7 Å². The van der Waals surface area contributed by atoms with Gasteiger partial charge in [-0.2, -0.15) is 0 Å². The highest BCUT2D eigenvalue weighted by atomic mass is 127. The fourth-order valence-electron chi connectivity index (χ4n) is 3.46. The summed E-state index contributed by atoms with van der Waals surface area (Å²) >= 11 is 0. The smallest absolute Gasteiger partial charge is 0.407 e. The van der Waals surface area contributed by atoms with Crippen molar-refractivity contribution in [2.24, 2.45) is 4.99 Å². The lowest BCUT2D eigenvalue weighted by atomic mass is 10.2. The van der Waals surface area contributed by atoms with Crippen molar-refractivity contribution >= 4 is 47.1 Å². The van der Waals surface area contributed by atoms with Gasteiger partial charge in [-0.25, -0.2) is 9.78 Å². The number of imidazole rings is 1. The second kappa shape index (κ2) is 10.8. The number of fused-ring (bicyclic) bond motifs is 1. The van der Waals surface area contributed by atoms with E-state index in [1.807, 2.05) is 45.0 Å². The minimum Gasteiger partial charge on any atom is -0.444 e. The molecule has 166 valence electrons. The molecule has 0 radical (unpaired) electrons. The van der Waals surface area contributed by atoms with E-state index in [2.05, 4.69) is 30.5 Å². The number of aryl methyl sites for hydroxylation is 1. The Labute approximate surface area is 195 Å². The van der Waals surface area contributed by atoms with Gasteiger partial charge in [0.25, 0.3) is 0 Å². The maximum absolute atomic E-state index is 12.0. The molecule has 3 rings (SSSR count). The van der Waals surface area contributed by atoms with E-state index in [-0.39, 0.29) is 36.1 Å². The second-order valence-corrected chi connectivity index (χ2v) is 8.36. The molecule has 1 aromatic heterocycles. The molecular formula is C21H33IN6O2. The van der Waals surface area contributed by atoms with Crippen LogP contribution in [0.15, 0.2) is 29.3 Å². The Hall–Kier alpha value is -2.04. The van der Waals surface area contributed by atoms with Crippen LogP contribution >= 0.6 is 24.0 Å². The van der Waals surface area contributed by atoms with Crippen LogP contribution in [0.4, 0.5) is 4.79 Å². The first-order valence-electron chi connectivity index (χ1n) is 10.2. The Bertz CT molecular complexity index is 828. The van der Waals surface area contributed by atoms with E-state index in [1.165, 1.54) is 0 Å². The number of guanidine groups is 1. The average molecular weight is 528 g/mol. The number of likely N-dealkylation sites (tertiary alicyclic amines) is 1. The summed E-state index contributed by atoms with van der Waals surface area (Å²) in [5.74, 6) is 1.87. The highest BCUT2D eigenvalue weighted by Crippen LogP contribution is 2.13. The minimum atomic E-state index is -0.486. The third-order valence-electron chi connectivity index (χ3n) is 4.73. The predicted molar refractivity (Wildman–Crippen MR) is 131 cm³/mol. The molecule has 1 aliphatic rings. The first-order valence-corrected chi connectivity index (χ1v) is 10.2. The molecule has 2 heterocycles. The first-order chi connectivity index (χ1) is 13.8. The van der Waals surface area contributed by atoms with Crippen LogP contribution in [-0.2, 0) is 11.2 Å². The van der Waals surface area contributed by atoms with Gasteiger partial charge < -0.3 is 25.3 Å². The van der Waals surface area contributed by atoms with E-state index < -0.39 is 5.60 Å². The number of hydrogen-bond donors (Lipinski definition) is 3. The number of ether oxygens (including phenoxy) is 1. The van der Waals surface area contributed by atoms with Gasteiger partial charge in [0, 0.05) is 33.1 Å². The molecule has 3 N–H and O–H groups in total. The number of H-pyrrole nitrogens is 1. The molecule has 0 bridgehead atoms. The fourth-order valence-corrected chi connectivity index (χ4v) is 3.46. The lowest BCUT2D eigenvalue weighted by molar-refractivity contribution is 0.0507. The zero-order chi connectivity index (χ0) is 20.9. The SMILES string of the molecule is CN=C(NCCCc1nc2ccccc2[nH]1)N1CCC(NC(=O)OC(C)(C)C)C1.I. The largest absolute Gasteiger partial charge is 0.444 e. The second-order valence-electron chi connectivity index (χ2n) is 8.36. The quantitative estimate of drug-likeness (QED) is 0.240. The minimum absolute atomic E-state index is 0. The van der Waals surface area contributed by atoms with Crippen LogP contribution in [0.3, 0.4) is 0 Å². The average Bonchev–Trinajstić information content (AvgIpc) is 3.26. The van der Waals surface area contributed by atoms with Crippen LogP contribution in [0.1, 0.15) is 39.4 Å². The number of aromatic nitrogens is 2. The number of rotatable bonds is 5. The summed E-state index contributed by atoms with van der Waals surface area (Å²) in [6.45, 7) is 7.98. The Balaban J connectivity index is 0.00000320. The van der Waals surface area contributed by atoms with Crippen molar-refractivity contribution < 1.29 is 9.53 Å². The molecule has 1 saturated heterocycles. The Kier molecular flexibility index (Phi) is 8.75. The van der Waals surface area contributed by atoms with Gasteiger partial charge in [-0.05, 0) is 45.7 Å². The lowest BCUT2D eigenvalue weighted by Crippen LogP contribution is -2.44. The van der Waals surface area contributed by atoms with E-state index >= 15 is 0 Å². The third kappa shape index (κ3) is 7.03. The maximum atomic E-state index is 12.0. The molecule has 1 atom stereocenters. The fraction of sp³-hybridized carbons (Fsp3) is 0.571. The summed E-state index contributed by atoms with van der Waals surface area (Å²) < 4.78 is 5.34. The Morgan fingerprint density at radius 1 is 1.37 bits per heavy atom. The number of halogens is 1. The number of aromatic amines is 1. The predicted octanol–water partition coefficient (Wildman–Crippen LogP) is 3.29. The summed E-state index contributed by atoms with van der Waals surface area (Å²) in [7, 11) is 1.79. The molecule has 1 fully saturated rings. The van der Waals surface area contributed by atoms with Gasteiger partial charge in [0.2, 0.25) is 0 Å². The molecule has 1 aromatic carbocycles. The van der Waals surface area contributed by atoms with E-state index in [4.69, 9.17) is 4.74 Å². The lowest BCUT2D eigenvalue weighted by Gasteiger charge is -2.23. The van der Waals surface area contributed by atoms with Gasteiger partial charge in [-0.1, -0.05) is 12.1 Å². The van der Waals surface area contributed by atoms with Gasteiger partial charge in [0.1, 0.15) is 11.4 Å². The number of carbonyl (C=O) groups is 1. The number of carbonyl (C=O) groups excluding carboxylic acids is 1. The van der Waals surface area contributed by atoms with Crippen molar-refractivity contribution in [1.29, 1.82) is 0 Å². The maximum Gasteiger partial charge on any atom is 0.407 e. The van der Waals surface area contributed by atoms with Crippen molar-refractivity contribution in [1.82, 2.24) is 25.5 Å². The molecule has 1 unspecified atom stereocenters. The summed E-state index contributed by atoms with van der Waals surface area (Å²) in [5.41, 5.74) is 1.60. The zero-order valence-corrected chi connectivity index (χ0v) is 20.5. The molecule has 0 saturated carbocycles. The molecule has 30 heavy (non-hydrogen) atoms. The van der Waals surface area contributed by atoms with Crippen molar-refractivity contribution in [3.63, 3.8) is 0 Å². The number of para-hydroxylation sites is 2. The van der Waals surface area contributed by atoms with E-state index in [0.29, 0.717) is 0 Å². The molecular weight excluding hydrogens is 495 g/mol. The third-order valence-corrected chi connectivity index (χ3v) is 4.73. The van der Waals surface area contributed by atoms with E-state index in [1.54, 1.807) is 7.05 Å². The molecule has 0 aliphatic carbocycles. The van der Waals surface area contributed by atoms with Crippen LogP contribution in [-0.4, -0.2) is 65.2 Å². The first kappa shape index (κ1) is 24.2. The monoisotopic (exact) mass is 528 g/mol. The van der Waals surface area contributed by atoms with Crippen LogP contribution < -0.4 is 10.6 Å². The molecule has 2 aromatic rings. The Morgan fingerprint density at radius 2 is 2.13 bits per heavy atom. The van der Waals surface area contributed by atoms with Crippen LogP contribution in [0.2, 0.25) is 0 Å². The molecule has 1 aliphatic heterocycles. The topological polar surface area (TPSA) is 94.6 Å². The van der Waals surface area contributed by atoms with Gasteiger partial charge in [-0.3, -0.25) is 4.99 Å². The number of amides is 1. The molecule has 1 amide bonds. The van der Waals surface area contributed by atoms with Gasteiger partial charge >= 0.3 is 6.09 Å². The molecule has 0 spiro atoms. The Morgan fingerprint density at radius 3 is 2.83 bits per heavy atom. The number of benzene rings is 1. The summed E-state index contributed by atoms with van der Waals surface area (Å²) in [5, 5.41) is 6.37. The summed E-state index contributed by atoms with van der Waals surface area (Å²) in [6.07, 6.45) is 2.34. The van der Waals surface area contributed by atoms with E-state index in [9.17, 15) is 4.79 Å². The number of hydrogen-bond acceptors (Lipinski definition) is 4. The van der Waals surface area contributed by atoms with Gasteiger partial charge in [-0.15, -0.1) is 24.0 Å². The summed E-state index contributed by atoms with van der Waals surface area (Å²) in [4.78, 5) is 26.5. The normalized spacial score (nSPS) is 17.0.